The van der Waals surface area contributed by atoms with Crippen molar-refractivity contribution < 1.29 is 13.2 Å². The van der Waals surface area contributed by atoms with Crippen molar-refractivity contribution in [3.05, 3.63) is 18.3 Å². The summed E-state index contributed by atoms with van der Waals surface area (Å²) in [6.45, 7) is 0.716. The van der Waals surface area contributed by atoms with Crippen LogP contribution in [-0.2, 0) is 0 Å². The van der Waals surface area contributed by atoms with E-state index in [0.717, 1.165) is 6.42 Å². The fourth-order valence-corrected chi connectivity index (χ4v) is 2.28. The number of hydrogen-bond acceptors (Lipinski definition) is 4. The summed E-state index contributed by atoms with van der Waals surface area (Å²) in [7, 11) is 0. The van der Waals surface area contributed by atoms with E-state index in [-0.39, 0.29) is 5.92 Å². The van der Waals surface area contributed by atoms with Crippen LogP contribution in [0.3, 0.4) is 0 Å². The molecule has 19 heavy (non-hydrogen) atoms. The topological polar surface area (TPSA) is 54.2 Å². The minimum Gasteiger partial charge on any atom is -0.396 e. The molecule has 0 bridgehead atoms. The first-order valence-electron chi connectivity index (χ1n) is 6.17. The summed E-state index contributed by atoms with van der Waals surface area (Å²) >= 11 is 0. The number of pyridine rings is 1. The smallest absolute Gasteiger partial charge is 0.396 e. The molecule has 3 N–H and O–H groups in total. The largest absolute Gasteiger partial charge is 0.401 e. The predicted octanol–water partition coefficient (Wildman–Crippen LogP) is 1.96. The van der Waals surface area contributed by atoms with Crippen LogP contribution >= 0.6 is 0 Å². The maximum atomic E-state index is 12.3. The number of nitrogens with two attached hydrogens (primary N) is 1. The van der Waals surface area contributed by atoms with Gasteiger partial charge < -0.3 is 11.1 Å². The summed E-state index contributed by atoms with van der Waals surface area (Å²) in [6.07, 6.45) is -1.73. The zero-order valence-electron chi connectivity index (χ0n) is 10.5. The summed E-state index contributed by atoms with van der Waals surface area (Å²) in [5.74, 6) is 0.792. The van der Waals surface area contributed by atoms with Gasteiger partial charge in [0.25, 0.3) is 0 Å². The Morgan fingerprint density at radius 2 is 2.26 bits per heavy atom. The molecule has 1 aliphatic heterocycles. The number of hydrogen-bond donors (Lipinski definition) is 2. The number of halogens is 3. The van der Waals surface area contributed by atoms with Crippen LogP contribution in [0.15, 0.2) is 18.3 Å². The first-order chi connectivity index (χ1) is 8.94. The highest BCUT2D eigenvalue weighted by molar-refractivity contribution is 5.60. The van der Waals surface area contributed by atoms with Gasteiger partial charge in [-0.3, -0.25) is 4.90 Å². The number of rotatable bonds is 4. The van der Waals surface area contributed by atoms with E-state index in [1.807, 2.05) is 0 Å². The Morgan fingerprint density at radius 1 is 1.47 bits per heavy atom. The molecular weight excluding hydrogens is 257 g/mol. The second kappa shape index (κ2) is 5.64. The number of nitrogens with one attached hydrogen (secondary N) is 1. The standard InChI is InChI=1S/C12H17F3N4/c13-12(14,15)8-19-5-3-9(7-19)6-18-11-10(16)2-1-4-17-11/h1-2,4,9H,3,5-8,16H2,(H,17,18). The Balaban J connectivity index is 1.78. The fraction of sp³-hybridized carbons (Fsp3) is 0.583. The van der Waals surface area contributed by atoms with Gasteiger partial charge in [-0.05, 0) is 31.0 Å². The third kappa shape index (κ3) is 4.27. The van der Waals surface area contributed by atoms with Gasteiger partial charge in [-0.15, -0.1) is 0 Å². The summed E-state index contributed by atoms with van der Waals surface area (Å²) in [4.78, 5) is 5.53. The second-order valence-corrected chi connectivity index (χ2v) is 4.83. The molecule has 106 valence electrons. The molecule has 2 heterocycles. The number of anilines is 2. The Labute approximate surface area is 109 Å². The molecule has 0 amide bonds. The Kier molecular flexibility index (Phi) is 4.14. The van der Waals surface area contributed by atoms with E-state index < -0.39 is 12.7 Å². The van der Waals surface area contributed by atoms with Crippen molar-refractivity contribution in [1.82, 2.24) is 9.88 Å². The van der Waals surface area contributed by atoms with Crippen LogP contribution in [-0.4, -0.2) is 42.2 Å². The number of nitrogen functional groups attached to an aromatic ring is 1. The number of aromatic nitrogens is 1. The third-order valence-electron chi connectivity index (χ3n) is 3.17. The van der Waals surface area contributed by atoms with E-state index >= 15 is 0 Å². The van der Waals surface area contributed by atoms with Gasteiger partial charge in [0, 0.05) is 19.3 Å². The average molecular weight is 274 g/mol. The number of nitrogens with zero attached hydrogens (tertiary/aromatic N) is 2. The van der Waals surface area contributed by atoms with Gasteiger partial charge in [-0.25, -0.2) is 4.98 Å². The highest BCUT2D eigenvalue weighted by Gasteiger charge is 2.34. The van der Waals surface area contributed by atoms with Crippen molar-refractivity contribution >= 4 is 11.5 Å². The Hall–Kier alpha value is -1.50. The van der Waals surface area contributed by atoms with Gasteiger partial charge in [-0.1, -0.05) is 0 Å². The zero-order valence-corrected chi connectivity index (χ0v) is 10.5. The maximum absolute atomic E-state index is 12.3. The van der Waals surface area contributed by atoms with Gasteiger partial charge in [0.2, 0.25) is 0 Å². The molecule has 4 nitrogen and oxygen atoms in total. The molecule has 1 atom stereocenters. The van der Waals surface area contributed by atoms with Gasteiger partial charge in [0.15, 0.2) is 0 Å². The molecule has 0 aromatic carbocycles. The molecule has 0 saturated carbocycles. The molecule has 7 heteroatoms. The molecule has 1 saturated heterocycles. The monoisotopic (exact) mass is 274 g/mol. The van der Waals surface area contributed by atoms with E-state index in [2.05, 4.69) is 10.3 Å². The first kappa shape index (κ1) is 13.9. The molecule has 0 spiro atoms. The molecule has 1 unspecified atom stereocenters. The number of alkyl halides is 3. The van der Waals surface area contributed by atoms with Crippen LogP contribution in [0, 0.1) is 5.92 Å². The maximum Gasteiger partial charge on any atom is 0.401 e. The van der Waals surface area contributed by atoms with Crippen molar-refractivity contribution in [2.24, 2.45) is 5.92 Å². The van der Waals surface area contributed by atoms with Crippen LogP contribution in [0.2, 0.25) is 0 Å². The molecule has 1 fully saturated rings. The zero-order chi connectivity index (χ0) is 13.9. The summed E-state index contributed by atoms with van der Waals surface area (Å²) in [5.41, 5.74) is 6.28. The van der Waals surface area contributed by atoms with Gasteiger partial charge in [-0.2, -0.15) is 13.2 Å². The lowest BCUT2D eigenvalue weighted by molar-refractivity contribution is -0.143. The molecule has 2 rings (SSSR count). The minimum atomic E-state index is -4.12. The second-order valence-electron chi connectivity index (χ2n) is 4.83. The summed E-state index contributed by atoms with van der Waals surface area (Å²) < 4.78 is 36.8. The molecule has 0 aliphatic carbocycles. The van der Waals surface area contributed by atoms with E-state index in [9.17, 15) is 13.2 Å². The minimum absolute atomic E-state index is 0.198. The predicted molar refractivity (Wildman–Crippen MR) is 67.7 cm³/mol. The lowest BCUT2D eigenvalue weighted by Gasteiger charge is -2.18. The van der Waals surface area contributed by atoms with Gasteiger partial charge >= 0.3 is 6.18 Å². The Morgan fingerprint density at radius 3 is 2.95 bits per heavy atom. The Bertz CT molecular complexity index is 422. The van der Waals surface area contributed by atoms with E-state index in [4.69, 9.17) is 5.73 Å². The highest BCUT2D eigenvalue weighted by Crippen LogP contribution is 2.23. The van der Waals surface area contributed by atoms with Crippen LogP contribution in [0.5, 0.6) is 0 Å². The molecule has 0 radical (unpaired) electrons. The van der Waals surface area contributed by atoms with Crippen LogP contribution in [0.25, 0.3) is 0 Å². The van der Waals surface area contributed by atoms with E-state index in [0.29, 0.717) is 31.1 Å². The van der Waals surface area contributed by atoms with Crippen molar-refractivity contribution in [3.63, 3.8) is 0 Å². The highest BCUT2D eigenvalue weighted by atomic mass is 19.4. The van der Waals surface area contributed by atoms with Crippen LogP contribution < -0.4 is 11.1 Å². The molecular formula is C12H17F3N4. The molecule has 1 aromatic rings. The average Bonchev–Trinajstić information content (AvgIpc) is 2.73. The summed E-state index contributed by atoms with van der Waals surface area (Å²) in [6, 6.07) is 3.47. The van der Waals surface area contributed by atoms with Crippen LogP contribution in [0.1, 0.15) is 6.42 Å². The van der Waals surface area contributed by atoms with E-state index in [1.54, 1.807) is 18.3 Å². The number of likely N-dealkylation sites (tertiary alicyclic amines) is 1. The molecule has 1 aromatic heterocycles. The van der Waals surface area contributed by atoms with Crippen molar-refractivity contribution in [2.75, 3.05) is 37.2 Å². The molecule has 1 aliphatic rings. The fourth-order valence-electron chi connectivity index (χ4n) is 2.28. The van der Waals surface area contributed by atoms with Gasteiger partial charge in [0.1, 0.15) is 5.82 Å². The SMILES string of the molecule is Nc1cccnc1NCC1CCN(CC(F)(F)F)C1. The normalized spacial score (nSPS) is 20.7. The lowest BCUT2D eigenvalue weighted by Crippen LogP contribution is -2.33. The van der Waals surface area contributed by atoms with Crippen LogP contribution in [0.4, 0.5) is 24.7 Å². The summed E-state index contributed by atoms with van der Waals surface area (Å²) in [5, 5.41) is 3.09. The first-order valence-corrected chi connectivity index (χ1v) is 6.17. The van der Waals surface area contributed by atoms with Crippen molar-refractivity contribution in [3.8, 4) is 0 Å². The quantitative estimate of drug-likeness (QED) is 0.881. The van der Waals surface area contributed by atoms with Gasteiger partial charge in [0.05, 0.1) is 12.2 Å². The third-order valence-corrected chi connectivity index (χ3v) is 3.17. The lowest BCUT2D eigenvalue weighted by atomic mass is 10.1. The van der Waals surface area contributed by atoms with Crippen molar-refractivity contribution in [1.29, 1.82) is 0 Å². The van der Waals surface area contributed by atoms with Crippen molar-refractivity contribution in [2.45, 2.75) is 12.6 Å². The van der Waals surface area contributed by atoms with E-state index in [1.165, 1.54) is 4.90 Å².